The maximum absolute atomic E-state index is 13.3. The summed E-state index contributed by atoms with van der Waals surface area (Å²) in [4.78, 5) is 6.62. The summed E-state index contributed by atoms with van der Waals surface area (Å²) < 4.78 is 32.0. The van der Waals surface area contributed by atoms with E-state index in [1.54, 1.807) is 0 Å². The number of nitrogens with zero attached hydrogens (tertiary/aromatic N) is 2. The molecule has 2 aromatic carbocycles. The van der Waals surface area contributed by atoms with Crippen LogP contribution in [0.15, 0.2) is 35.3 Å². The highest BCUT2D eigenvalue weighted by Gasteiger charge is 2.09. The molecule has 0 bridgehead atoms. The fourth-order valence-electron chi connectivity index (χ4n) is 2.22. The van der Waals surface area contributed by atoms with Crippen LogP contribution < -0.4 is 4.74 Å². The molecule has 24 heavy (non-hydrogen) atoms. The summed E-state index contributed by atoms with van der Waals surface area (Å²) in [6.07, 6.45) is 1.83. The van der Waals surface area contributed by atoms with Gasteiger partial charge in [-0.25, -0.2) is 13.8 Å². The molecule has 0 N–H and O–H groups in total. The van der Waals surface area contributed by atoms with Crippen molar-refractivity contribution in [3.63, 3.8) is 0 Å². The largest absolute Gasteiger partial charge is 0.457 e. The van der Waals surface area contributed by atoms with Crippen LogP contribution in [-0.4, -0.2) is 24.3 Å². The molecular formula is C19H22F2N2O. The Balaban J connectivity index is 2.24. The van der Waals surface area contributed by atoms with Gasteiger partial charge in [0.1, 0.15) is 11.5 Å². The number of benzene rings is 2. The van der Waals surface area contributed by atoms with Crippen LogP contribution in [0.25, 0.3) is 0 Å². The third-order valence-electron chi connectivity index (χ3n) is 3.78. The molecule has 0 aliphatic heterocycles. The molecule has 0 heterocycles. The lowest BCUT2D eigenvalue weighted by Gasteiger charge is -2.15. The van der Waals surface area contributed by atoms with Crippen molar-refractivity contribution in [2.45, 2.75) is 27.7 Å². The van der Waals surface area contributed by atoms with E-state index in [0.29, 0.717) is 5.75 Å². The molecule has 0 amide bonds. The van der Waals surface area contributed by atoms with Crippen LogP contribution in [0.2, 0.25) is 0 Å². The van der Waals surface area contributed by atoms with Crippen LogP contribution in [0.4, 0.5) is 14.5 Å². The van der Waals surface area contributed by atoms with Gasteiger partial charge in [0.15, 0.2) is 11.6 Å². The summed E-state index contributed by atoms with van der Waals surface area (Å²) in [7, 11) is 0. The van der Waals surface area contributed by atoms with Crippen LogP contribution in [0.1, 0.15) is 25.0 Å². The number of hydrogen-bond donors (Lipinski definition) is 0. The zero-order valence-corrected chi connectivity index (χ0v) is 14.4. The van der Waals surface area contributed by atoms with E-state index in [1.807, 2.05) is 32.3 Å². The summed E-state index contributed by atoms with van der Waals surface area (Å²) in [6.45, 7) is 9.78. The molecule has 0 aliphatic rings. The zero-order chi connectivity index (χ0) is 17.7. The molecule has 0 aromatic heterocycles. The van der Waals surface area contributed by atoms with E-state index in [2.05, 4.69) is 23.7 Å². The minimum atomic E-state index is -0.928. The Hall–Kier alpha value is -2.43. The predicted octanol–water partition coefficient (Wildman–Crippen LogP) is 5.38. The Morgan fingerprint density at radius 1 is 1.00 bits per heavy atom. The van der Waals surface area contributed by atoms with Gasteiger partial charge in [-0.15, -0.1) is 0 Å². The molecule has 0 spiro atoms. The van der Waals surface area contributed by atoms with Crippen molar-refractivity contribution in [3.05, 3.63) is 53.1 Å². The highest BCUT2D eigenvalue weighted by molar-refractivity contribution is 5.65. The van der Waals surface area contributed by atoms with Crippen molar-refractivity contribution in [2.24, 2.45) is 4.99 Å². The lowest BCUT2D eigenvalue weighted by Crippen LogP contribution is -2.20. The highest BCUT2D eigenvalue weighted by Crippen LogP contribution is 2.31. The molecule has 0 unspecified atom stereocenters. The monoisotopic (exact) mass is 332 g/mol. The number of halogens is 2. The average molecular weight is 332 g/mol. The van der Waals surface area contributed by atoms with Gasteiger partial charge in [0.2, 0.25) is 0 Å². The van der Waals surface area contributed by atoms with Crippen LogP contribution in [-0.2, 0) is 0 Å². The number of ether oxygens (including phenoxy) is 1. The standard InChI is InChI=1S/C19H22F2N2O/c1-5-23(6-2)12-22-18-9-14(4)19(10-13(18)3)24-15-7-8-16(20)17(21)11-15/h7-12H,5-6H2,1-4H3. The second-order valence-electron chi connectivity index (χ2n) is 5.55. The van der Waals surface area contributed by atoms with E-state index in [0.717, 1.165) is 42.0 Å². The quantitative estimate of drug-likeness (QED) is 0.524. The molecule has 5 heteroatoms. The SMILES string of the molecule is CCN(C=Nc1cc(C)c(Oc2ccc(F)c(F)c2)cc1C)CC. The van der Waals surface area contributed by atoms with Crippen LogP contribution in [0.3, 0.4) is 0 Å². The first-order chi connectivity index (χ1) is 11.4. The molecule has 0 saturated heterocycles. The normalized spacial score (nSPS) is 11.1. The smallest absolute Gasteiger partial charge is 0.162 e. The summed E-state index contributed by atoms with van der Waals surface area (Å²) in [5.74, 6) is -0.963. The number of hydrogen-bond acceptors (Lipinski definition) is 2. The lowest BCUT2D eigenvalue weighted by molar-refractivity contribution is 0.459. The van der Waals surface area contributed by atoms with Gasteiger partial charge in [0.05, 0.1) is 12.0 Å². The molecule has 3 nitrogen and oxygen atoms in total. The molecular weight excluding hydrogens is 310 g/mol. The van der Waals surface area contributed by atoms with Gasteiger partial charge in [-0.05, 0) is 63.1 Å². The van der Waals surface area contributed by atoms with Gasteiger partial charge < -0.3 is 9.64 Å². The van der Waals surface area contributed by atoms with E-state index < -0.39 is 11.6 Å². The molecule has 0 saturated carbocycles. The predicted molar refractivity (Wildman–Crippen MR) is 93.4 cm³/mol. The summed E-state index contributed by atoms with van der Waals surface area (Å²) in [5.41, 5.74) is 2.68. The average Bonchev–Trinajstić information content (AvgIpc) is 2.56. The first kappa shape index (κ1) is 17.9. The maximum Gasteiger partial charge on any atom is 0.162 e. The Labute approximate surface area is 141 Å². The van der Waals surface area contributed by atoms with Crippen LogP contribution >= 0.6 is 0 Å². The van der Waals surface area contributed by atoms with Crippen molar-refractivity contribution in [1.82, 2.24) is 4.90 Å². The molecule has 128 valence electrons. The highest BCUT2D eigenvalue weighted by atomic mass is 19.2. The molecule has 0 fully saturated rings. The topological polar surface area (TPSA) is 24.8 Å². The first-order valence-electron chi connectivity index (χ1n) is 7.97. The molecule has 2 aromatic rings. The van der Waals surface area contributed by atoms with Gasteiger partial charge in [-0.1, -0.05) is 0 Å². The molecule has 0 radical (unpaired) electrons. The molecule has 2 rings (SSSR count). The fourth-order valence-corrected chi connectivity index (χ4v) is 2.22. The molecule has 0 aliphatic carbocycles. The molecule has 0 atom stereocenters. The zero-order valence-electron chi connectivity index (χ0n) is 14.4. The second kappa shape index (κ2) is 7.90. The number of rotatable bonds is 6. The lowest BCUT2D eigenvalue weighted by atomic mass is 10.1. The number of aliphatic imine (C=N–C) groups is 1. The third-order valence-corrected chi connectivity index (χ3v) is 3.78. The Kier molecular flexibility index (Phi) is 5.90. The van der Waals surface area contributed by atoms with E-state index in [9.17, 15) is 8.78 Å². The fraction of sp³-hybridized carbons (Fsp3) is 0.316. The third kappa shape index (κ3) is 4.31. The van der Waals surface area contributed by atoms with E-state index in [-0.39, 0.29) is 5.75 Å². The first-order valence-corrected chi connectivity index (χ1v) is 7.97. The number of aryl methyl sites for hydroxylation is 2. The minimum Gasteiger partial charge on any atom is -0.457 e. The summed E-state index contributed by atoms with van der Waals surface area (Å²) >= 11 is 0. The van der Waals surface area contributed by atoms with Gasteiger partial charge in [-0.3, -0.25) is 0 Å². The Bertz CT molecular complexity index is 740. The van der Waals surface area contributed by atoms with Gasteiger partial charge in [-0.2, -0.15) is 0 Å². The van der Waals surface area contributed by atoms with E-state index in [1.165, 1.54) is 6.07 Å². The van der Waals surface area contributed by atoms with Crippen molar-refractivity contribution in [1.29, 1.82) is 0 Å². The Morgan fingerprint density at radius 2 is 1.71 bits per heavy atom. The van der Waals surface area contributed by atoms with Crippen molar-refractivity contribution >= 4 is 12.0 Å². The van der Waals surface area contributed by atoms with E-state index in [4.69, 9.17) is 4.74 Å². The van der Waals surface area contributed by atoms with Gasteiger partial charge in [0.25, 0.3) is 0 Å². The van der Waals surface area contributed by atoms with Gasteiger partial charge in [0, 0.05) is 19.2 Å². The van der Waals surface area contributed by atoms with Crippen molar-refractivity contribution < 1.29 is 13.5 Å². The summed E-state index contributed by atoms with van der Waals surface area (Å²) in [6, 6.07) is 7.27. The minimum absolute atomic E-state index is 0.260. The van der Waals surface area contributed by atoms with Gasteiger partial charge >= 0.3 is 0 Å². The summed E-state index contributed by atoms with van der Waals surface area (Å²) in [5, 5.41) is 0. The second-order valence-corrected chi connectivity index (χ2v) is 5.55. The van der Waals surface area contributed by atoms with Crippen molar-refractivity contribution in [2.75, 3.05) is 13.1 Å². The van der Waals surface area contributed by atoms with Crippen LogP contribution in [0, 0.1) is 25.5 Å². The van der Waals surface area contributed by atoms with Crippen molar-refractivity contribution in [3.8, 4) is 11.5 Å². The van der Waals surface area contributed by atoms with Crippen LogP contribution in [0.5, 0.6) is 11.5 Å². The Morgan fingerprint density at radius 3 is 2.33 bits per heavy atom. The van der Waals surface area contributed by atoms with E-state index >= 15 is 0 Å². The maximum atomic E-state index is 13.3.